The third kappa shape index (κ3) is 4.50. The summed E-state index contributed by atoms with van der Waals surface area (Å²) >= 11 is 0. The zero-order valence-electron chi connectivity index (χ0n) is 15.9. The molecule has 0 atom stereocenters. The first-order valence-electron chi connectivity index (χ1n) is 9.14. The Bertz CT molecular complexity index is 697. The third-order valence-electron chi connectivity index (χ3n) is 4.75. The molecule has 0 saturated carbocycles. The minimum Gasteiger partial charge on any atom is -0.497 e. The number of rotatable bonds is 8. The van der Waals surface area contributed by atoms with Gasteiger partial charge in [-0.15, -0.1) is 5.10 Å². The fraction of sp³-hybridized carbons (Fsp3) is 0.611. The first kappa shape index (κ1) is 18.6. The van der Waals surface area contributed by atoms with Gasteiger partial charge in [-0.1, -0.05) is 6.92 Å². The van der Waals surface area contributed by atoms with Crippen LogP contribution in [-0.4, -0.2) is 70.4 Å². The molecule has 0 unspecified atom stereocenters. The molecule has 0 N–H and O–H groups in total. The van der Waals surface area contributed by atoms with E-state index in [1.165, 1.54) is 0 Å². The van der Waals surface area contributed by atoms with Crippen molar-refractivity contribution in [2.24, 2.45) is 0 Å². The highest BCUT2D eigenvalue weighted by molar-refractivity contribution is 5.40. The minimum atomic E-state index is 0.809. The van der Waals surface area contributed by atoms with Crippen LogP contribution in [0.2, 0.25) is 0 Å². The van der Waals surface area contributed by atoms with Gasteiger partial charge in [0.1, 0.15) is 11.5 Å². The molecule has 1 saturated heterocycles. The van der Waals surface area contributed by atoms with E-state index in [4.69, 9.17) is 9.47 Å². The van der Waals surface area contributed by atoms with Crippen LogP contribution in [0.5, 0.6) is 11.5 Å². The van der Waals surface area contributed by atoms with E-state index in [1.807, 2.05) is 16.8 Å². The van der Waals surface area contributed by atoms with Gasteiger partial charge < -0.3 is 9.47 Å². The van der Waals surface area contributed by atoms with Crippen molar-refractivity contribution in [3.8, 4) is 11.5 Å². The van der Waals surface area contributed by atoms with Gasteiger partial charge in [0, 0.05) is 44.8 Å². The maximum atomic E-state index is 5.50. The maximum absolute atomic E-state index is 5.50. The van der Waals surface area contributed by atoms with Crippen LogP contribution >= 0.6 is 0 Å². The van der Waals surface area contributed by atoms with Crippen molar-refractivity contribution in [3.63, 3.8) is 0 Å². The molecule has 8 heteroatoms. The van der Waals surface area contributed by atoms with E-state index < -0.39 is 0 Å². The topological polar surface area (TPSA) is 68.5 Å². The Morgan fingerprint density at radius 2 is 1.73 bits per heavy atom. The molecular formula is C18H28N6O2. The van der Waals surface area contributed by atoms with Gasteiger partial charge in [-0.05, 0) is 35.0 Å². The van der Waals surface area contributed by atoms with E-state index in [0.29, 0.717) is 0 Å². The quantitative estimate of drug-likeness (QED) is 0.705. The summed E-state index contributed by atoms with van der Waals surface area (Å²) in [4.78, 5) is 4.86. The average molecular weight is 360 g/mol. The van der Waals surface area contributed by atoms with Gasteiger partial charge >= 0.3 is 0 Å². The molecule has 142 valence electrons. The Morgan fingerprint density at radius 3 is 2.38 bits per heavy atom. The Morgan fingerprint density at radius 1 is 1.00 bits per heavy atom. The summed E-state index contributed by atoms with van der Waals surface area (Å²) in [5.74, 6) is 2.73. The Kier molecular flexibility index (Phi) is 6.40. The summed E-state index contributed by atoms with van der Waals surface area (Å²) in [6, 6.07) is 5.96. The smallest absolute Gasteiger partial charge is 0.165 e. The van der Waals surface area contributed by atoms with Gasteiger partial charge in [0.15, 0.2) is 5.82 Å². The molecule has 1 aromatic heterocycles. The lowest BCUT2D eigenvalue weighted by atomic mass is 10.1. The van der Waals surface area contributed by atoms with Crippen LogP contribution in [0.15, 0.2) is 18.2 Å². The highest BCUT2D eigenvalue weighted by Gasteiger charge is 2.20. The SMILES string of the molecule is CCCn1nnnc1CN1CCN(Cc2cc(OC)ccc2OC)CC1. The van der Waals surface area contributed by atoms with Gasteiger partial charge in [0.05, 0.1) is 20.8 Å². The van der Waals surface area contributed by atoms with Crippen LogP contribution in [-0.2, 0) is 19.6 Å². The van der Waals surface area contributed by atoms with Gasteiger partial charge in [0.2, 0.25) is 0 Å². The molecule has 3 rings (SSSR count). The number of aryl methyl sites for hydroxylation is 1. The van der Waals surface area contributed by atoms with E-state index in [2.05, 4.69) is 38.3 Å². The lowest BCUT2D eigenvalue weighted by Gasteiger charge is -2.34. The Labute approximate surface area is 154 Å². The largest absolute Gasteiger partial charge is 0.497 e. The molecule has 0 amide bonds. The predicted molar refractivity (Wildman–Crippen MR) is 98.2 cm³/mol. The first-order valence-corrected chi connectivity index (χ1v) is 9.14. The molecular weight excluding hydrogens is 332 g/mol. The maximum Gasteiger partial charge on any atom is 0.165 e. The molecule has 1 aromatic carbocycles. The number of hydrogen-bond acceptors (Lipinski definition) is 7. The summed E-state index contributed by atoms with van der Waals surface area (Å²) < 4.78 is 12.8. The van der Waals surface area contributed by atoms with Crippen LogP contribution in [0.4, 0.5) is 0 Å². The van der Waals surface area contributed by atoms with Crippen LogP contribution in [0.3, 0.4) is 0 Å². The number of ether oxygens (including phenoxy) is 2. The van der Waals surface area contributed by atoms with Crippen molar-refractivity contribution in [3.05, 3.63) is 29.6 Å². The van der Waals surface area contributed by atoms with E-state index in [1.54, 1.807) is 14.2 Å². The number of benzene rings is 1. The van der Waals surface area contributed by atoms with Crippen molar-refractivity contribution in [1.29, 1.82) is 0 Å². The number of piperazine rings is 1. The first-order chi connectivity index (χ1) is 12.7. The standard InChI is InChI=1S/C18H28N6O2/c1-4-7-24-18(19-20-21-24)14-23-10-8-22(9-11-23)13-15-12-16(25-2)5-6-17(15)26-3/h5-6,12H,4,7-11,13-14H2,1-3H3. The van der Waals surface area contributed by atoms with Crippen molar-refractivity contribution in [2.75, 3.05) is 40.4 Å². The molecule has 0 spiro atoms. The van der Waals surface area contributed by atoms with E-state index in [-0.39, 0.29) is 0 Å². The van der Waals surface area contributed by atoms with Crippen molar-refractivity contribution < 1.29 is 9.47 Å². The normalized spacial score (nSPS) is 16.0. The van der Waals surface area contributed by atoms with Gasteiger partial charge in [0.25, 0.3) is 0 Å². The van der Waals surface area contributed by atoms with Gasteiger partial charge in [-0.25, -0.2) is 4.68 Å². The summed E-state index contributed by atoms with van der Waals surface area (Å²) in [5.41, 5.74) is 1.16. The van der Waals surface area contributed by atoms with Crippen molar-refractivity contribution in [2.45, 2.75) is 33.0 Å². The number of methoxy groups -OCH3 is 2. The van der Waals surface area contributed by atoms with Crippen molar-refractivity contribution in [1.82, 2.24) is 30.0 Å². The highest BCUT2D eigenvalue weighted by Crippen LogP contribution is 2.25. The molecule has 0 aliphatic carbocycles. The molecule has 0 bridgehead atoms. The summed E-state index contributed by atoms with van der Waals surface area (Å²) in [5, 5.41) is 12.1. The van der Waals surface area contributed by atoms with Gasteiger partial charge in [-0.3, -0.25) is 9.80 Å². The van der Waals surface area contributed by atoms with Crippen LogP contribution in [0.1, 0.15) is 24.7 Å². The monoisotopic (exact) mass is 360 g/mol. The lowest BCUT2D eigenvalue weighted by molar-refractivity contribution is 0.117. The molecule has 2 aromatic rings. The molecule has 1 aliphatic heterocycles. The summed E-state index contributed by atoms with van der Waals surface area (Å²) in [6.45, 7) is 8.71. The van der Waals surface area contributed by atoms with E-state index >= 15 is 0 Å². The summed E-state index contributed by atoms with van der Waals surface area (Å²) in [6.07, 6.45) is 1.04. The van der Waals surface area contributed by atoms with Crippen LogP contribution < -0.4 is 9.47 Å². The van der Waals surface area contributed by atoms with Gasteiger partial charge in [-0.2, -0.15) is 0 Å². The molecule has 1 fully saturated rings. The zero-order valence-corrected chi connectivity index (χ0v) is 15.9. The fourth-order valence-electron chi connectivity index (χ4n) is 3.27. The highest BCUT2D eigenvalue weighted by atomic mass is 16.5. The third-order valence-corrected chi connectivity index (χ3v) is 4.75. The molecule has 1 aliphatic rings. The molecule has 8 nitrogen and oxygen atoms in total. The molecule has 0 radical (unpaired) electrons. The fourth-order valence-corrected chi connectivity index (χ4v) is 3.27. The average Bonchev–Trinajstić information content (AvgIpc) is 3.10. The Hall–Kier alpha value is -2.19. The number of aromatic nitrogens is 4. The number of nitrogens with zero attached hydrogens (tertiary/aromatic N) is 6. The van der Waals surface area contributed by atoms with E-state index in [9.17, 15) is 0 Å². The van der Waals surface area contributed by atoms with Crippen LogP contribution in [0, 0.1) is 0 Å². The van der Waals surface area contributed by atoms with Crippen LogP contribution in [0.25, 0.3) is 0 Å². The summed E-state index contributed by atoms with van der Waals surface area (Å²) in [7, 11) is 3.40. The van der Waals surface area contributed by atoms with E-state index in [0.717, 1.165) is 75.1 Å². The second-order valence-corrected chi connectivity index (χ2v) is 6.55. The predicted octanol–water partition coefficient (Wildman–Crippen LogP) is 1.42. The second kappa shape index (κ2) is 8.95. The molecule has 2 heterocycles. The van der Waals surface area contributed by atoms with Crippen molar-refractivity contribution >= 4 is 0 Å². The zero-order chi connectivity index (χ0) is 18.4. The minimum absolute atomic E-state index is 0.809. The Balaban J connectivity index is 1.55. The number of hydrogen-bond donors (Lipinski definition) is 0. The second-order valence-electron chi connectivity index (χ2n) is 6.55. The number of tetrazole rings is 1. The molecule has 26 heavy (non-hydrogen) atoms. The lowest BCUT2D eigenvalue weighted by Crippen LogP contribution is -2.45.